The maximum atomic E-state index is 11.9. The Hall–Kier alpha value is -0.213. The second-order valence-electron chi connectivity index (χ2n) is 13.6. The number of hydrogen-bond donors (Lipinski definition) is 2. The van der Waals surface area contributed by atoms with E-state index in [4.69, 9.17) is 4.74 Å². The minimum atomic E-state index is -3.13. The van der Waals surface area contributed by atoms with Crippen molar-refractivity contribution in [1.82, 2.24) is 10.0 Å². The Kier molecular flexibility index (Phi) is 6.20. The molecule has 5 fully saturated rings. The minimum absolute atomic E-state index is 0.00597. The summed E-state index contributed by atoms with van der Waals surface area (Å²) >= 11 is 0. The molecule has 5 nitrogen and oxygen atoms in total. The molecule has 0 aromatic heterocycles. The number of fused-ring (bicyclic) bond motifs is 6. The van der Waals surface area contributed by atoms with Gasteiger partial charge in [0, 0.05) is 28.2 Å². The summed E-state index contributed by atoms with van der Waals surface area (Å²) in [7, 11) is 0.751. The molecular weight excluding hydrogens is 472 g/mol. The molecule has 4 aliphatic carbocycles. The lowest BCUT2D eigenvalue weighted by molar-refractivity contribution is -0.0711. The lowest BCUT2D eigenvalue weighted by Gasteiger charge is -2.54. The van der Waals surface area contributed by atoms with Gasteiger partial charge in [-0.05, 0) is 112 Å². The number of sulfonamides is 1. The highest BCUT2D eigenvalue weighted by atomic mass is 32.2. The van der Waals surface area contributed by atoms with E-state index in [-0.39, 0.29) is 11.6 Å². The number of nitrogens with one attached hydrogen (secondary N) is 2. The molecule has 0 amide bonds. The zero-order valence-electron chi connectivity index (χ0n) is 22.1. The van der Waals surface area contributed by atoms with Gasteiger partial charge in [-0.3, -0.25) is 0 Å². The van der Waals surface area contributed by atoms with Crippen LogP contribution in [0.15, 0.2) is 11.1 Å². The highest BCUT2D eigenvalue weighted by Gasteiger charge is 2.59. The summed E-state index contributed by atoms with van der Waals surface area (Å²) in [5.41, 5.74) is 4.30. The zero-order chi connectivity index (χ0) is 24.8. The van der Waals surface area contributed by atoms with Gasteiger partial charge in [-0.1, -0.05) is 25.0 Å². The third-order valence-electron chi connectivity index (χ3n) is 11.8. The van der Waals surface area contributed by atoms with E-state index < -0.39 is 10.0 Å². The standard InChI is InChI=1S/C28H45N2O3SSi/c1-16-14-28(17(2)26-25(33-28)12-20(35)15-29-26)10-8-21-22-6-5-18-11-19(30-34(4,31)32)7-9-27(18,3)24(22)13-23(16)21/h17-22,24-26,29-30H,5-15H2,1-4H3/t17-,18-,19-,20+,21+,22+,24+,25-,26+,27+,28+/m1/s1. The minimum Gasteiger partial charge on any atom is -0.369 e. The van der Waals surface area contributed by atoms with Crippen molar-refractivity contribution < 1.29 is 13.2 Å². The van der Waals surface area contributed by atoms with Gasteiger partial charge >= 0.3 is 0 Å². The van der Waals surface area contributed by atoms with Gasteiger partial charge in [-0.15, -0.1) is 0 Å². The Balaban J connectivity index is 1.22. The van der Waals surface area contributed by atoms with Crippen LogP contribution in [0.1, 0.15) is 85.0 Å². The molecule has 7 heteroatoms. The Morgan fingerprint density at radius 1 is 1.14 bits per heavy atom. The van der Waals surface area contributed by atoms with Crippen LogP contribution in [-0.2, 0) is 14.8 Å². The van der Waals surface area contributed by atoms with Crippen molar-refractivity contribution in [1.29, 1.82) is 0 Å². The Morgan fingerprint density at radius 3 is 2.71 bits per heavy atom. The average molecular weight is 518 g/mol. The van der Waals surface area contributed by atoms with Crippen molar-refractivity contribution in [2.45, 2.75) is 114 Å². The van der Waals surface area contributed by atoms with Crippen LogP contribution in [0.5, 0.6) is 0 Å². The summed E-state index contributed by atoms with van der Waals surface area (Å²) in [6.07, 6.45) is 13.4. The summed E-state index contributed by atoms with van der Waals surface area (Å²) in [4.78, 5) is 0. The number of hydrogen-bond acceptors (Lipinski definition) is 4. The fraction of sp³-hybridized carbons (Fsp3) is 0.929. The third-order valence-corrected chi connectivity index (χ3v) is 13.0. The first-order valence-corrected chi connectivity index (χ1v) is 16.7. The average Bonchev–Trinajstić information content (AvgIpc) is 3.23. The van der Waals surface area contributed by atoms with Gasteiger partial charge < -0.3 is 10.1 Å². The monoisotopic (exact) mass is 517 g/mol. The summed E-state index contributed by atoms with van der Waals surface area (Å²) < 4.78 is 33.6. The van der Waals surface area contributed by atoms with Crippen LogP contribution >= 0.6 is 0 Å². The molecule has 3 saturated carbocycles. The molecule has 35 heavy (non-hydrogen) atoms. The SMILES string of the molecule is CC1=C2C[C@H]3[C@@H](CC[C@@H]4C[C@H](NS(C)(=O)=O)CC[C@@]43C)[C@@H]2CC[C@@]2(C1)O[C@@H]1C[C@H]([Si])CN[C@H]1[C@H]2C. The first kappa shape index (κ1) is 25.1. The molecule has 11 atom stereocenters. The first-order chi connectivity index (χ1) is 16.5. The maximum absolute atomic E-state index is 11.9. The molecule has 2 N–H and O–H groups in total. The van der Waals surface area contributed by atoms with Crippen LogP contribution in [0.3, 0.4) is 0 Å². The van der Waals surface area contributed by atoms with Gasteiger partial charge in [0.2, 0.25) is 10.0 Å². The van der Waals surface area contributed by atoms with Gasteiger partial charge in [0.15, 0.2) is 0 Å². The van der Waals surface area contributed by atoms with E-state index in [1.165, 1.54) is 38.4 Å². The molecule has 0 aromatic carbocycles. The fourth-order valence-electron chi connectivity index (χ4n) is 10.1. The predicted molar refractivity (Wildman–Crippen MR) is 141 cm³/mol. The van der Waals surface area contributed by atoms with Crippen molar-refractivity contribution in [3.05, 3.63) is 11.1 Å². The molecule has 6 aliphatic rings. The number of ether oxygens (including phenoxy) is 1. The number of rotatable bonds is 2. The van der Waals surface area contributed by atoms with Crippen LogP contribution < -0.4 is 10.0 Å². The van der Waals surface area contributed by atoms with E-state index in [1.807, 2.05) is 0 Å². The second kappa shape index (κ2) is 8.65. The summed E-state index contributed by atoms with van der Waals surface area (Å²) in [6, 6.07) is 0.626. The van der Waals surface area contributed by atoms with Crippen LogP contribution in [-0.4, -0.2) is 55.2 Å². The Bertz CT molecular complexity index is 1000. The van der Waals surface area contributed by atoms with Crippen LogP contribution in [0.25, 0.3) is 0 Å². The summed E-state index contributed by atoms with van der Waals surface area (Å²) in [5.74, 6) is 3.52. The molecule has 2 aliphatic heterocycles. The topological polar surface area (TPSA) is 67.4 Å². The normalized spacial score (nSPS) is 52.0. The number of piperidine rings is 1. The van der Waals surface area contributed by atoms with Gasteiger partial charge in [0.25, 0.3) is 0 Å². The Morgan fingerprint density at radius 2 is 1.94 bits per heavy atom. The van der Waals surface area contributed by atoms with Crippen LogP contribution in [0.4, 0.5) is 0 Å². The smallest absolute Gasteiger partial charge is 0.208 e. The van der Waals surface area contributed by atoms with E-state index in [0.29, 0.717) is 34.9 Å². The maximum Gasteiger partial charge on any atom is 0.208 e. The molecule has 3 radical (unpaired) electrons. The van der Waals surface area contributed by atoms with E-state index in [1.54, 1.807) is 11.1 Å². The van der Waals surface area contributed by atoms with Crippen molar-refractivity contribution in [2.24, 2.45) is 35.0 Å². The van der Waals surface area contributed by atoms with Crippen molar-refractivity contribution in [3.8, 4) is 0 Å². The number of allylic oxidation sites excluding steroid dienone is 1. The quantitative estimate of drug-likeness (QED) is 0.422. The third kappa shape index (κ3) is 4.14. The molecule has 2 saturated heterocycles. The first-order valence-electron chi connectivity index (χ1n) is 14.3. The van der Waals surface area contributed by atoms with Crippen LogP contribution in [0, 0.1) is 35.0 Å². The lowest BCUT2D eigenvalue weighted by Crippen LogP contribution is -2.50. The van der Waals surface area contributed by atoms with E-state index in [2.05, 4.69) is 41.1 Å². The molecule has 1 spiro atoms. The lowest BCUT2D eigenvalue weighted by atomic mass is 9.52. The van der Waals surface area contributed by atoms with Gasteiger partial charge in [0.1, 0.15) is 0 Å². The van der Waals surface area contributed by atoms with Crippen molar-refractivity contribution in [3.63, 3.8) is 0 Å². The molecule has 2 heterocycles. The summed E-state index contributed by atoms with van der Waals surface area (Å²) in [6.45, 7) is 8.48. The van der Waals surface area contributed by atoms with E-state index >= 15 is 0 Å². The van der Waals surface area contributed by atoms with Crippen LogP contribution in [0.2, 0.25) is 5.54 Å². The van der Waals surface area contributed by atoms with Gasteiger partial charge in [-0.2, -0.15) is 0 Å². The molecule has 0 unspecified atom stereocenters. The predicted octanol–water partition coefficient (Wildman–Crippen LogP) is 4.35. The van der Waals surface area contributed by atoms with Gasteiger partial charge in [-0.25, -0.2) is 13.1 Å². The van der Waals surface area contributed by atoms with Crippen molar-refractivity contribution >= 4 is 20.3 Å². The van der Waals surface area contributed by atoms with Crippen molar-refractivity contribution in [2.75, 3.05) is 12.8 Å². The molecule has 0 bridgehead atoms. The molecule has 6 rings (SSSR count). The zero-order valence-corrected chi connectivity index (χ0v) is 23.9. The summed E-state index contributed by atoms with van der Waals surface area (Å²) in [5, 5.41) is 3.80. The van der Waals surface area contributed by atoms with E-state index in [9.17, 15) is 8.42 Å². The fourth-order valence-corrected chi connectivity index (χ4v) is 11.2. The molecule has 195 valence electrons. The molecular formula is C28H45N2O3SSi. The largest absolute Gasteiger partial charge is 0.369 e. The highest BCUT2D eigenvalue weighted by molar-refractivity contribution is 7.88. The molecule has 0 aromatic rings. The van der Waals surface area contributed by atoms with E-state index in [0.717, 1.165) is 56.4 Å². The van der Waals surface area contributed by atoms with Gasteiger partial charge in [0.05, 0.1) is 18.0 Å². The Labute approximate surface area is 216 Å². The highest BCUT2D eigenvalue weighted by Crippen LogP contribution is 2.65. The second-order valence-corrected chi connectivity index (χ2v) is 16.2.